The molecule has 0 spiro atoms. The van der Waals surface area contributed by atoms with Gasteiger partial charge in [0.2, 0.25) is 5.91 Å². The number of imidazole rings is 1. The Morgan fingerprint density at radius 1 is 1.50 bits per heavy atom. The summed E-state index contributed by atoms with van der Waals surface area (Å²) >= 11 is 1.60. The Balaban J connectivity index is 1.80. The van der Waals surface area contributed by atoms with Crippen molar-refractivity contribution >= 4 is 29.2 Å². The minimum absolute atomic E-state index is 0.0812. The maximum atomic E-state index is 12.8. The lowest BCUT2D eigenvalue weighted by Crippen LogP contribution is -2.49. The highest BCUT2D eigenvalue weighted by Gasteiger charge is 2.36. The first-order chi connectivity index (χ1) is 11.5. The minimum Gasteiger partial charge on any atom is -0.352 e. The van der Waals surface area contributed by atoms with Crippen molar-refractivity contribution in [3.8, 4) is 0 Å². The lowest BCUT2D eigenvalue weighted by atomic mass is 10.2. The lowest BCUT2D eigenvalue weighted by Gasteiger charge is -2.23. The second-order valence-corrected chi connectivity index (χ2v) is 7.20. The second kappa shape index (κ2) is 6.84. The van der Waals surface area contributed by atoms with E-state index in [9.17, 15) is 9.59 Å². The molecule has 2 amide bonds. The maximum Gasteiger partial charge on any atom is 0.275 e. The van der Waals surface area contributed by atoms with E-state index in [1.807, 2.05) is 43.5 Å². The lowest BCUT2D eigenvalue weighted by molar-refractivity contribution is -0.125. The number of nitrogens with zero attached hydrogens (tertiary/aromatic N) is 3. The van der Waals surface area contributed by atoms with Crippen molar-refractivity contribution in [1.29, 1.82) is 0 Å². The summed E-state index contributed by atoms with van der Waals surface area (Å²) in [5.41, 5.74) is 2.21. The zero-order valence-corrected chi connectivity index (χ0v) is 15.0. The SMILES string of the molecule is CC[C@H](C)NC(=O)[C@@H]1CSCN1C(=O)c1cn2ccc(C)cc2n1. The highest BCUT2D eigenvalue weighted by atomic mass is 32.2. The molecule has 0 unspecified atom stereocenters. The molecule has 0 bridgehead atoms. The zero-order valence-electron chi connectivity index (χ0n) is 14.2. The van der Waals surface area contributed by atoms with Crippen molar-refractivity contribution in [3.63, 3.8) is 0 Å². The van der Waals surface area contributed by atoms with Crippen LogP contribution in [0.1, 0.15) is 36.3 Å². The van der Waals surface area contributed by atoms with Crippen LogP contribution in [0, 0.1) is 6.92 Å². The maximum absolute atomic E-state index is 12.8. The van der Waals surface area contributed by atoms with E-state index >= 15 is 0 Å². The Morgan fingerprint density at radius 3 is 3.04 bits per heavy atom. The topological polar surface area (TPSA) is 66.7 Å². The number of carbonyl (C=O) groups excluding carboxylic acids is 2. The molecule has 1 aliphatic heterocycles. The van der Waals surface area contributed by atoms with Gasteiger partial charge in [-0.25, -0.2) is 4.98 Å². The van der Waals surface area contributed by atoms with Crippen LogP contribution in [0.2, 0.25) is 0 Å². The van der Waals surface area contributed by atoms with Crippen LogP contribution in [0.4, 0.5) is 0 Å². The summed E-state index contributed by atoms with van der Waals surface area (Å²) in [6.45, 7) is 5.98. The molecule has 128 valence electrons. The van der Waals surface area contributed by atoms with Crippen LogP contribution in [-0.2, 0) is 4.79 Å². The minimum atomic E-state index is -0.428. The molecule has 6 nitrogen and oxygen atoms in total. The van der Waals surface area contributed by atoms with Crippen molar-refractivity contribution in [2.24, 2.45) is 0 Å². The third-order valence-electron chi connectivity index (χ3n) is 4.28. The van der Waals surface area contributed by atoms with E-state index in [1.54, 1.807) is 22.9 Å². The predicted octanol–water partition coefficient (Wildman–Crippen LogP) is 2.07. The van der Waals surface area contributed by atoms with Gasteiger partial charge in [-0.3, -0.25) is 9.59 Å². The van der Waals surface area contributed by atoms with E-state index in [4.69, 9.17) is 0 Å². The molecule has 3 heterocycles. The summed E-state index contributed by atoms with van der Waals surface area (Å²) in [4.78, 5) is 31.3. The molecule has 0 saturated carbocycles. The number of hydrogen-bond acceptors (Lipinski definition) is 4. The van der Waals surface area contributed by atoms with Crippen molar-refractivity contribution in [2.45, 2.75) is 39.3 Å². The van der Waals surface area contributed by atoms with Gasteiger partial charge in [0.15, 0.2) is 0 Å². The first-order valence-electron chi connectivity index (χ1n) is 8.14. The normalized spacial score (nSPS) is 18.8. The van der Waals surface area contributed by atoms with Crippen LogP contribution in [0.25, 0.3) is 5.65 Å². The molecule has 0 radical (unpaired) electrons. The van der Waals surface area contributed by atoms with Crippen molar-refractivity contribution in [3.05, 3.63) is 35.8 Å². The average Bonchev–Trinajstić information content (AvgIpc) is 3.20. The van der Waals surface area contributed by atoms with Crippen molar-refractivity contribution in [1.82, 2.24) is 19.6 Å². The molecule has 24 heavy (non-hydrogen) atoms. The summed E-state index contributed by atoms with van der Waals surface area (Å²) in [6, 6.07) is 3.58. The van der Waals surface area contributed by atoms with Crippen molar-refractivity contribution < 1.29 is 9.59 Å². The van der Waals surface area contributed by atoms with E-state index in [-0.39, 0.29) is 17.9 Å². The fourth-order valence-corrected chi connectivity index (χ4v) is 3.79. The molecule has 0 aromatic carbocycles. The van der Waals surface area contributed by atoms with Gasteiger partial charge in [-0.2, -0.15) is 0 Å². The van der Waals surface area contributed by atoms with E-state index < -0.39 is 6.04 Å². The second-order valence-electron chi connectivity index (χ2n) is 6.20. The number of carbonyl (C=O) groups is 2. The van der Waals surface area contributed by atoms with Gasteiger partial charge in [0.25, 0.3) is 5.91 Å². The zero-order chi connectivity index (χ0) is 17.3. The summed E-state index contributed by atoms with van der Waals surface area (Å²) in [6.07, 6.45) is 4.48. The van der Waals surface area contributed by atoms with Gasteiger partial charge in [-0.15, -0.1) is 11.8 Å². The Morgan fingerprint density at radius 2 is 2.29 bits per heavy atom. The number of nitrogens with one attached hydrogen (secondary N) is 1. The van der Waals surface area contributed by atoms with Crippen LogP contribution in [0.5, 0.6) is 0 Å². The molecule has 2 atom stereocenters. The van der Waals surface area contributed by atoms with E-state index in [2.05, 4.69) is 10.3 Å². The Kier molecular flexibility index (Phi) is 4.80. The molecular weight excluding hydrogens is 324 g/mol. The molecule has 7 heteroatoms. The van der Waals surface area contributed by atoms with Gasteiger partial charge in [0.05, 0.1) is 5.88 Å². The van der Waals surface area contributed by atoms with Crippen LogP contribution in [0.15, 0.2) is 24.5 Å². The Bertz CT molecular complexity index is 773. The van der Waals surface area contributed by atoms with E-state index in [1.165, 1.54) is 0 Å². The van der Waals surface area contributed by atoms with Gasteiger partial charge >= 0.3 is 0 Å². The summed E-state index contributed by atoms with van der Waals surface area (Å²) in [5.74, 6) is 0.873. The first kappa shape index (κ1) is 16.8. The number of thioether (sulfide) groups is 1. The first-order valence-corrected chi connectivity index (χ1v) is 9.29. The molecule has 0 aliphatic carbocycles. The Hall–Kier alpha value is -2.02. The highest BCUT2D eigenvalue weighted by molar-refractivity contribution is 7.99. The van der Waals surface area contributed by atoms with Gasteiger partial charge in [0, 0.05) is 24.2 Å². The van der Waals surface area contributed by atoms with Gasteiger partial charge in [0.1, 0.15) is 17.4 Å². The number of pyridine rings is 1. The molecule has 1 saturated heterocycles. The van der Waals surface area contributed by atoms with Crippen LogP contribution in [-0.4, -0.2) is 49.8 Å². The number of amides is 2. The third-order valence-corrected chi connectivity index (χ3v) is 5.29. The number of rotatable bonds is 4. The molecular formula is C17H22N4O2S. The Labute approximate surface area is 145 Å². The molecule has 1 fully saturated rings. The fraction of sp³-hybridized carbons (Fsp3) is 0.471. The van der Waals surface area contributed by atoms with Crippen LogP contribution in [0.3, 0.4) is 0 Å². The summed E-state index contributed by atoms with van der Waals surface area (Å²) < 4.78 is 1.83. The third kappa shape index (κ3) is 3.26. The molecule has 2 aromatic heterocycles. The van der Waals surface area contributed by atoms with Crippen LogP contribution >= 0.6 is 11.8 Å². The van der Waals surface area contributed by atoms with E-state index in [0.717, 1.165) is 17.6 Å². The number of aromatic nitrogens is 2. The standard InChI is InChI=1S/C17H22N4O2S/c1-4-12(3)18-16(22)14-9-24-10-21(14)17(23)13-8-20-6-5-11(2)7-15(20)19-13/h5-8,12,14H,4,9-10H2,1-3H3,(H,18,22)/t12-,14-/m0/s1. The van der Waals surface area contributed by atoms with Gasteiger partial charge < -0.3 is 14.6 Å². The average molecular weight is 346 g/mol. The fourth-order valence-electron chi connectivity index (χ4n) is 2.64. The van der Waals surface area contributed by atoms with E-state index in [0.29, 0.717) is 17.3 Å². The molecule has 3 rings (SSSR count). The monoisotopic (exact) mass is 346 g/mol. The van der Waals surface area contributed by atoms with Crippen LogP contribution < -0.4 is 5.32 Å². The van der Waals surface area contributed by atoms with Crippen molar-refractivity contribution in [2.75, 3.05) is 11.6 Å². The predicted molar refractivity (Wildman–Crippen MR) is 95.1 cm³/mol. The number of aryl methyl sites for hydroxylation is 1. The largest absolute Gasteiger partial charge is 0.352 e. The smallest absolute Gasteiger partial charge is 0.275 e. The quantitative estimate of drug-likeness (QED) is 0.920. The molecule has 2 aromatic rings. The molecule has 1 N–H and O–H groups in total. The van der Waals surface area contributed by atoms with Gasteiger partial charge in [-0.1, -0.05) is 6.92 Å². The molecule has 1 aliphatic rings. The summed E-state index contributed by atoms with van der Waals surface area (Å²) in [7, 11) is 0. The number of fused-ring (bicyclic) bond motifs is 1. The number of hydrogen-bond donors (Lipinski definition) is 1. The van der Waals surface area contributed by atoms with Gasteiger partial charge in [-0.05, 0) is 38.0 Å². The highest BCUT2D eigenvalue weighted by Crippen LogP contribution is 2.23. The summed E-state index contributed by atoms with van der Waals surface area (Å²) in [5, 5.41) is 2.97.